The third-order valence-electron chi connectivity index (χ3n) is 4.31. The molecule has 11 heteroatoms. The van der Waals surface area contributed by atoms with Gasteiger partial charge >= 0.3 is 5.82 Å². The highest BCUT2D eigenvalue weighted by Crippen LogP contribution is 2.17. The summed E-state index contributed by atoms with van der Waals surface area (Å²) in [5, 5.41) is 24.3. The van der Waals surface area contributed by atoms with Crippen LogP contribution in [0.1, 0.15) is 29.5 Å². The van der Waals surface area contributed by atoms with Crippen molar-refractivity contribution in [1.29, 1.82) is 0 Å². The molecule has 0 atom stereocenters. The molecule has 0 aliphatic carbocycles. The van der Waals surface area contributed by atoms with Gasteiger partial charge in [0, 0.05) is 24.8 Å². The molecule has 156 valence electrons. The summed E-state index contributed by atoms with van der Waals surface area (Å²) in [4.78, 5) is 35.3. The molecular formula is C19H21N7O4. The zero-order valence-corrected chi connectivity index (χ0v) is 16.5. The number of carbonyl (C=O) groups excluding carboxylic acids is 2. The average molecular weight is 411 g/mol. The molecule has 0 aliphatic heterocycles. The van der Waals surface area contributed by atoms with E-state index in [2.05, 4.69) is 20.8 Å². The van der Waals surface area contributed by atoms with Crippen molar-refractivity contribution in [1.82, 2.24) is 19.6 Å². The minimum atomic E-state index is -0.583. The highest BCUT2D eigenvalue weighted by molar-refractivity contribution is 6.08. The van der Waals surface area contributed by atoms with Crippen LogP contribution in [0, 0.1) is 17.0 Å². The van der Waals surface area contributed by atoms with Crippen LogP contribution in [0.25, 0.3) is 0 Å². The van der Waals surface area contributed by atoms with Crippen LogP contribution < -0.4 is 10.6 Å². The second-order valence-corrected chi connectivity index (χ2v) is 6.49. The topological polar surface area (TPSA) is 137 Å². The maximum absolute atomic E-state index is 12.6. The molecule has 0 saturated heterocycles. The number of para-hydroxylation sites is 1. The van der Waals surface area contributed by atoms with Crippen LogP contribution in [0.4, 0.5) is 17.2 Å². The molecule has 0 fully saturated rings. The molecule has 2 amide bonds. The zero-order valence-electron chi connectivity index (χ0n) is 16.5. The lowest BCUT2D eigenvalue weighted by Gasteiger charge is -2.06. The largest absolute Gasteiger partial charge is 0.390 e. The highest BCUT2D eigenvalue weighted by Gasteiger charge is 2.20. The summed E-state index contributed by atoms with van der Waals surface area (Å²) < 4.78 is 2.95. The molecule has 0 bridgehead atoms. The van der Waals surface area contributed by atoms with Gasteiger partial charge in [-0.2, -0.15) is 9.78 Å². The Hall–Kier alpha value is -4.02. The van der Waals surface area contributed by atoms with E-state index in [4.69, 9.17) is 0 Å². The Balaban J connectivity index is 1.68. The van der Waals surface area contributed by atoms with Gasteiger partial charge in [-0.15, -0.1) is 0 Å². The first-order chi connectivity index (χ1) is 14.4. The van der Waals surface area contributed by atoms with Gasteiger partial charge in [0.1, 0.15) is 0 Å². The highest BCUT2D eigenvalue weighted by atomic mass is 16.6. The van der Waals surface area contributed by atoms with E-state index in [0.29, 0.717) is 23.6 Å². The molecule has 3 aromatic rings. The molecule has 0 saturated carbocycles. The van der Waals surface area contributed by atoms with E-state index in [0.717, 1.165) is 0 Å². The smallest absolute Gasteiger partial charge is 0.358 e. The molecular weight excluding hydrogens is 390 g/mol. The molecule has 11 nitrogen and oxygen atoms in total. The van der Waals surface area contributed by atoms with E-state index in [1.807, 2.05) is 13.0 Å². The van der Waals surface area contributed by atoms with Gasteiger partial charge in [-0.25, -0.2) is 0 Å². The summed E-state index contributed by atoms with van der Waals surface area (Å²) in [6, 6.07) is 10.3. The van der Waals surface area contributed by atoms with Crippen LogP contribution >= 0.6 is 0 Å². The number of rotatable bonds is 8. The van der Waals surface area contributed by atoms with E-state index in [9.17, 15) is 19.7 Å². The number of hydrogen-bond acceptors (Lipinski definition) is 6. The summed E-state index contributed by atoms with van der Waals surface area (Å²) in [5.74, 6) is -1.07. The fraction of sp³-hybridized carbons (Fsp3) is 0.263. The van der Waals surface area contributed by atoms with Crippen LogP contribution in [0.5, 0.6) is 0 Å². The summed E-state index contributed by atoms with van der Waals surface area (Å²) in [5.41, 5.74) is 1.58. The number of aryl methyl sites for hydroxylation is 3. The fourth-order valence-corrected chi connectivity index (χ4v) is 2.78. The lowest BCUT2D eigenvalue weighted by molar-refractivity contribution is -0.389. The first-order valence-electron chi connectivity index (χ1n) is 9.30. The molecule has 2 aromatic heterocycles. The standard InChI is InChI=1S/C19H21N7O4/c1-3-24-12-15(18(23-24)19(28)20-14-7-5-4-6-8-14)21-17(27)9-10-25-13(2)11-16(22-25)26(29)30/h4-8,11-12H,3,9-10H2,1-2H3,(H,20,28)(H,21,27). The fourth-order valence-electron chi connectivity index (χ4n) is 2.78. The van der Waals surface area contributed by atoms with Crippen molar-refractivity contribution in [3.63, 3.8) is 0 Å². The van der Waals surface area contributed by atoms with Crippen molar-refractivity contribution in [3.05, 3.63) is 64.1 Å². The third-order valence-corrected chi connectivity index (χ3v) is 4.31. The minimum absolute atomic E-state index is 0.0245. The number of nitrogens with zero attached hydrogens (tertiary/aromatic N) is 5. The molecule has 0 aliphatic rings. The maximum Gasteiger partial charge on any atom is 0.390 e. The molecule has 0 unspecified atom stereocenters. The second kappa shape index (κ2) is 8.99. The van der Waals surface area contributed by atoms with Crippen molar-refractivity contribution in [2.45, 2.75) is 33.4 Å². The number of carbonyl (C=O) groups is 2. The lowest BCUT2D eigenvalue weighted by atomic mass is 10.3. The molecule has 3 rings (SSSR count). The Morgan fingerprint density at radius 3 is 2.53 bits per heavy atom. The molecule has 0 spiro atoms. The van der Waals surface area contributed by atoms with Gasteiger partial charge in [-0.3, -0.25) is 14.3 Å². The van der Waals surface area contributed by atoms with E-state index in [1.54, 1.807) is 42.1 Å². The average Bonchev–Trinajstić information content (AvgIpc) is 3.30. The van der Waals surface area contributed by atoms with Gasteiger partial charge in [0.2, 0.25) is 5.91 Å². The zero-order chi connectivity index (χ0) is 21.7. The monoisotopic (exact) mass is 411 g/mol. The number of nitro groups is 1. The molecule has 2 N–H and O–H groups in total. The summed E-state index contributed by atoms with van der Waals surface area (Å²) in [6.45, 7) is 4.23. The first-order valence-corrected chi connectivity index (χ1v) is 9.30. The SMILES string of the molecule is CCn1cc(NC(=O)CCn2nc([N+](=O)[O-])cc2C)c(C(=O)Nc2ccccc2)n1. The number of benzene rings is 1. The Morgan fingerprint density at radius 1 is 1.17 bits per heavy atom. The van der Waals surface area contributed by atoms with Crippen LogP contribution in [0.3, 0.4) is 0 Å². The van der Waals surface area contributed by atoms with Crippen molar-refractivity contribution in [3.8, 4) is 0 Å². The van der Waals surface area contributed by atoms with Crippen LogP contribution in [0.15, 0.2) is 42.6 Å². The van der Waals surface area contributed by atoms with Crippen LogP contribution in [-0.4, -0.2) is 36.3 Å². The number of amides is 2. The third kappa shape index (κ3) is 4.87. The predicted octanol–water partition coefficient (Wildman–Crippen LogP) is 2.60. The van der Waals surface area contributed by atoms with Gasteiger partial charge in [-0.05, 0) is 30.9 Å². The molecule has 1 aromatic carbocycles. The number of anilines is 2. The normalized spacial score (nSPS) is 10.6. The van der Waals surface area contributed by atoms with Gasteiger partial charge in [0.05, 0.1) is 29.1 Å². The minimum Gasteiger partial charge on any atom is -0.358 e. The Morgan fingerprint density at radius 2 is 1.90 bits per heavy atom. The Kier molecular flexibility index (Phi) is 6.20. The molecule has 0 radical (unpaired) electrons. The number of nitrogens with one attached hydrogen (secondary N) is 2. The predicted molar refractivity (Wildman–Crippen MR) is 109 cm³/mol. The van der Waals surface area contributed by atoms with Crippen LogP contribution in [0.2, 0.25) is 0 Å². The number of hydrogen-bond donors (Lipinski definition) is 2. The number of aromatic nitrogens is 4. The van der Waals surface area contributed by atoms with E-state index in [1.165, 1.54) is 10.7 Å². The van der Waals surface area contributed by atoms with Crippen molar-refractivity contribution < 1.29 is 14.5 Å². The summed E-state index contributed by atoms with van der Waals surface area (Å²) >= 11 is 0. The van der Waals surface area contributed by atoms with Crippen molar-refractivity contribution in [2.75, 3.05) is 10.6 Å². The van der Waals surface area contributed by atoms with Gasteiger partial charge in [-0.1, -0.05) is 18.2 Å². The van der Waals surface area contributed by atoms with Gasteiger partial charge in [0.15, 0.2) is 5.69 Å². The maximum atomic E-state index is 12.6. The first kappa shape index (κ1) is 20.7. The Labute approximate surface area is 171 Å². The van der Waals surface area contributed by atoms with E-state index < -0.39 is 10.8 Å². The van der Waals surface area contributed by atoms with Gasteiger partial charge < -0.3 is 20.7 Å². The van der Waals surface area contributed by atoms with Gasteiger partial charge in [0.25, 0.3) is 5.91 Å². The lowest BCUT2D eigenvalue weighted by Crippen LogP contribution is -2.19. The molecule has 2 heterocycles. The quantitative estimate of drug-likeness (QED) is 0.432. The van der Waals surface area contributed by atoms with E-state index in [-0.39, 0.29) is 30.4 Å². The van der Waals surface area contributed by atoms with Crippen molar-refractivity contribution in [2.24, 2.45) is 0 Å². The summed E-state index contributed by atoms with van der Waals surface area (Å²) in [7, 11) is 0. The molecule has 30 heavy (non-hydrogen) atoms. The Bertz CT molecular complexity index is 1070. The summed E-state index contributed by atoms with van der Waals surface area (Å²) in [6.07, 6.45) is 1.61. The van der Waals surface area contributed by atoms with E-state index >= 15 is 0 Å². The second-order valence-electron chi connectivity index (χ2n) is 6.49. The van der Waals surface area contributed by atoms with Crippen LogP contribution in [-0.2, 0) is 17.9 Å². The van der Waals surface area contributed by atoms with Crippen molar-refractivity contribution >= 4 is 29.0 Å².